The van der Waals surface area contributed by atoms with Gasteiger partial charge in [0.15, 0.2) is 17.7 Å². The molecule has 0 bridgehead atoms. The monoisotopic (exact) mass is 380 g/mol. The molecular formula is C16H24N6O5. The van der Waals surface area contributed by atoms with E-state index in [4.69, 9.17) is 15.2 Å². The zero-order valence-corrected chi connectivity index (χ0v) is 15.2. The first-order valence-corrected chi connectivity index (χ1v) is 8.71. The number of esters is 1. The summed E-state index contributed by atoms with van der Waals surface area (Å²) < 4.78 is 12.3. The van der Waals surface area contributed by atoms with E-state index in [1.54, 1.807) is 14.0 Å². The van der Waals surface area contributed by atoms with Crippen molar-refractivity contribution in [1.82, 2.24) is 24.4 Å². The molecule has 0 spiro atoms. The zero-order valence-electron chi connectivity index (χ0n) is 15.2. The number of ether oxygens (including phenoxy) is 2. The summed E-state index contributed by atoms with van der Waals surface area (Å²) in [5.41, 5.74) is 6.59. The number of aromatic nitrogens is 4. The molecule has 4 atom stereocenters. The van der Waals surface area contributed by atoms with E-state index in [-0.39, 0.29) is 18.2 Å². The summed E-state index contributed by atoms with van der Waals surface area (Å²) in [7, 11) is 1.80. The average molecular weight is 380 g/mol. The Morgan fingerprint density at radius 1 is 1.37 bits per heavy atom. The molecule has 2 aromatic heterocycles. The Kier molecular flexibility index (Phi) is 5.85. The number of aliphatic hydroxyl groups is 2. The van der Waals surface area contributed by atoms with Crippen LogP contribution >= 0.6 is 0 Å². The molecule has 0 aliphatic carbocycles. The van der Waals surface area contributed by atoms with Crippen molar-refractivity contribution in [3.63, 3.8) is 0 Å². The van der Waals surface area contributed by atoms with Crippen LogP contribution in [0.4, 0.5) is 5.82 Å². The fourth-order valence-corrected chi connectivity index (χ4v) is 3.08. The van der Waals surface area contributed by atoms with Crippen molar-refractivity contribution in [3.8, 4) is 0 Å². The molecule has 4 N–H and O–H groups in total. The Labute approximate surface area is 155 Å². The van der Waals surface area contributed by atoms with Crippen LogP contribution in [0.25, 0.3) is 11.2 Å². The highest BCUT2D eigenvalue weighted by Gasteiger charge is 2.44. The maximum absolute atomic E-state index is 11.5. The average Bonchev–Trinajstić information content (AvgIpc) is 3.18. The molecule has 1 fully saturated rings. The summed E-state index contributed by atoms with van der Waals surface area (Å²) >= 11 is 0. The van der Waals surface area contributed by atoms with E-state index < -0.39 is 24.5 Å². The Bertz CT molecular complexity index is 799. The van der Waals surface area contributed by atoms with Crippen molar-refractivity contribution in [1.29, 1.82) is 0 Å². The van der Waals surface area contributed by atoms with Gasteiger partial charge in [-0.2, -0.15) is 0 Å². The second kappa shape index (κ2) is 8.13. The van der Waals surface area contributed by atoms with Crippen LogP contribution in [-0.2, 0) is 14.3 Å². The van der Waals surface area contributed by atoms with E-state index >= 15 is 0 Å². The fraction of sp³-hybridized carbons (Fsp3) is 0.625. The van der Waals surface area contributed by atoms with Gasteiger partial charge in [0.25, 0.3) is 0 Å². The van der Waals surface area contributed by atoms with Crippen molar-refractivity contribution in [2.45, 2.75) is 37.9 Å². The Morgan fingerprint density at radius 2 is 2.15 bits per heavy atom. The third-order valence-electron chi connectivity index (χ3n) is 4.49. The lowest BCUT2D eigenvalue weighted by Crippen LogP contribution is -2.39. The smallest absolute Gasteiger partial charge is 0.307 e. The summed E-state index contributed by atoms with van der Waals surface area (Å²) in [4.78, 5) is 25.5. The zero-order chi connectivity index (χ0) is 19.6. The summed E-state index contributed by atoms with van der Waals surface area (Å²) in [5, 5.41) is 20.8. The molecule has 0 aromatic carbocycles. The summed E-state index contributed by atoms with van der Waals surface area (Å²) in [5.74, 6) is -0.0562. The molecule has 3 heterocycles. The van der Waals surface area contributed by atoms with Gasteiger partial charge in [-0.1, -0.05) is 0 Å². The van der Waals surface area contributed by atoms with Crippen LogP contribution in [0.1, 0.15) is 19.6 Å². The van der Waals surface area contributed by atoms with Crippen LogP contribution in [0.5, 0.6) is 0 Å². The number of imidazole rings is 1. The number of anilines is 1. The van der Waals surface area contributed by atoms with Gasteiger partial charge in [0.2, 0.25) is 0 Å². The van der Waals surface area contributed by atoms with Crippen LogP contribution < -0.4 is 5.73 Å². The normalized spacial score (nSPS) is 25.4. The lowest BCUT2D eigenvalue weighted by atomic mass is 10.1. The summed E-state index contributed by atoms with van der Waals surface area (Å²) in [6.07, 6.45) is -0.783. The van der Waals surface area contributed by atoms with Crippen molar-refractivity contribution >= 4 is 23.0 Å². The van der Waals surface area contributed by atoms with Gasteiger partial charge in [0, 0.05) is 13.1 Å². The number of aliphatic hydroxyl groups excluding tert-OH is 2. The number of carbonyl (C=O) groups is 1. The van der Waals surface area contributed by atoms with Crippen molar-refractivity contribution < 1.29 is 24.5 Å². The van der Waals surface area contributed by atoms with Gasteiger partial charge in [-0.25, -0.2) is 15.0 Å². The SMILES string of the molecule is CCOC(=O)CCN(C)C[C@H]1O[C@@H](n2cnc3c(N)ncnc32)C(O)C1O. The fourth-order valence-electron chi connectivity index (χ4n) is 3.08. The Hall–Kier alpha value is -2.34. The van der Waals surface area contributed by atoms with Crippen LogP contribution in [0.15, 0.2) is 12.7 Å². The lowest BCUT2D eigenvalue weighted by molar-refractivity contribution is -0.143. The van der Waals surface area contributed by atoms with E-state index in [0.717, 1.165) is 0 Å². The molecule has 1 saturated heterocycles. The quantitative estimate of drug-likeness (QED) is 0.506. The number of hydrogen-bond donors (Lipinski definition) is 3. The molecule has 0 radical (unpaired) electrons. The van der Waals surface area contributed by atoms with Gasteiger partial charge in [0.05, 0.1) is 19.4 Å². The molecule has 1 aliphatic heterocycles. The van der Waals surface area contributed by atoms with E-state index in [9.17, 15) is 15.0 Å². The lowest BCUT2D eigenvalue weighted by Gasteiger charge is -2.22. The Balaban J connectivity index is 1.66. The van der Waals surface area contributed by atoms with Gasteiger partial charge in [-0.15, -0.1) is 0 Å². The highest BCUT2D eigenvalue weighted by atomic mass is 16.6. The minimum atomic E-state index is -1.16. The molecule has 3 rings (SSSR count). The van der Waals surface area contributed by atoms with Gasteiger partial charge >= 0.3 is 5.97 Å². The summed E-state index contributed by atoms with van der Waals surface area (Å²) in [6.45, 7) is 2.87. The highest BCUT2D eigenvalue weighted by molar-refractivity contribution is 5.81. The molecule has 11 heteroatoms. The third kappa shape index (κ3) is 4.00. The number of nitrogens with two attached hydrogens (primary N) is 1. The topological polar surface area (TPSA) is 149 Å². The van der Waals surface area contributed by atoms with E-state index in [2.05, 4.69) is 15.0 Å². The van der Waals surface area contributed by atoms with E-state index in [1.165, 1.54) is 17.2 Å². The first-order valence-electron chi connectivity index (χ1n) is 8.71. The van der Waals surface area contributed by atoms with Crippen LogP contribution in [0.3, 0.4) is 0 Å². The van der Waals surface area contributed by atoms with Gasteiger partial charge in [-0.05, 0) is 14.0 Å². The van der Waals surface area contributed by atoms with Crippen LogP contribution in [-0.4, -0.2) is 85.7 Å². The maximum atomic E-state index is 11.5. The van der Waals surface area contributed by atoms with E-state index in [0.29, 0.717) is 30.9 Å². The number of carbonyl (C=O) groups excluding carboxylic acids is 1. The minimum absolute atomic E-state index is 0.224. The third-order valence-corrected chi connectivity index (χ3v) is 4.49. The van der Waals surface area contributed by atoms with Gasteiger partial charge in [-0.3, -0.25) is 9.36 Å². The van der Waals surface area contributed by atoms with Crippen LogP contribution in [0, 0.1) is 0 Å². The van der Waals surface area contributed by atoms with Crippen molar-refractivity contribution in [2.24, 2.45) is 0 Å². The molecule has 148 valence electrons. The first kappa shape index (κ1) is 19.4. The molecular weight excluding hydrogens is 356 g/mol. The molecule has 1 aliphatic rings. The van der Waals surface area contributed by atoms with Crippen molar-refractivity contribution in [2.75, 3.05) is 32.5 Å². The largest absolute Gasteiger partial charge is 0.466 e. The number of nitrogens with zero attached hydrogens (tertiary/aromatic N) is 5. The second-order valence-corrected chi connectivity index (χ2v) is 6.45. The molecule has 27 heavy (non-hydrogen) atoms. The van der Waals surface area contributed by atoms with Crippen LogP contribution in [0.2, 0.25) is 0 Å². The van der Waals surface area contributed by atoms with Crippen molar-refractivity contribution in [3.05, 3.63) is 12.7 Å². The highest BCUT2D eigenvalue weighted by Crippen LogP contribution is 2.32. The molecule has 2 unspecified atom stereocenters. The second-order valence-electron chi connectivity index (χ2n) is 6.45. The predicted octanol–water partition coefficient (Wildman–Crippen LogP) is -1.09. The van der Waals surface area contributed by atoms with Gasteiger partial charge < -0.3 is 30.3 Å². The number of likely N-dealkylation sites (N-methyl/N-ethyl adjacent to an activating group) is 1. The number of nitrogen functional groups attached to an aromatic ring is 1. The maximum Gasteiger partial charge on any atom is 0.307 e. The first-order chi connectivity index (χ1) is 12.9. The van der Waals surface area contributed by atoms with E-state index in [1.807, 2.05) is 4.90 Å². The van der Waals surface area contributed by atoms with Gasteiger partial charge in [0.1, 0.15) is 30.2 Å². The molecule has 0 saturated carbocycles. The standard InChI is InChI=1S/C16H24N6O5/c1-3-26-10(23)4-5-21(2)6-9-12(24)13(25)16(27-9)22-8-20-11-14(17)18-7-19-15(11)22/h7-9,12-13,16,24-25H,3-6H2,1-2H3,(H2,17,18,19)/t9-,12?,13?,16-/m1/s1. The number of fused-ring (bicyclic) bond motifs is 1. The Morgan fingerprint density at radius 3 is 2.89 bits per heavy atom. The predicted molar refractivity (Wildman–Crippen MR) is 94.4 cm³/mol. The number of hydrogen-bond acceptors (Lipinski definition) is 10. The molecule has 11 nitrogen and oxygen atoms in total. The molecule has 2 aromatic rings. The summed E-state index contributed by atoms with van der Waals surface area (Å²) in [6, 6.07) is 0. The number of rotatable bonds is 7. The molecule has 0 amide bonds. The minimum Gasteiger partial charge on any atom is -0.466 e.